The molecule has 5 rings (SSSR count). The van der Waals surface area contributed by atoms with Gasteiger partial charge < -0.3 is 10.2 Å². The summed E-state index contributed by atoms with van der Waals surface area (Å²) in [6, 6.07) is 18.5. The van der Waals surface area contributed by atoms with Gasteiger partial charge in [-0.25, -0.2) is 8.78 Å². The van der Waals surface area contributed by atoms with E-state index in [1.54, 1.807) is 0 Å². The Kier molecular flexibility index (Phi) is 9.03. The standard InChI is InChI=1S/C31H31Cl2F2N3O2/c32-24-8-4-20(5-9-24)30(21-6-10-25(33)11-7-21)38-18-23(19-38)29(22-15-26(34)17-27(35)16-22)31(40)36-12-2-14-37-13-1-3-28(37)39/h4-11,15-17,23,29-30H,1-3,12-14,18-19H2,(H,36,40). The van der Waals surface area contributed by atoms with Crippen LogP contribution in [0.4, 0.5) is 8.78 Å². The number of rotatable bonds is 10. The van der Waals surface area contributed by atoms with E-state index in [4.69, 9.17) is 23.2 Å². The zero-order valence-electron chi connectivity index (χ0n) is 22.0. The van der Waals surface area contributed by atoms with Crippen molar-refractivity contribution in [3.8, 4) is 0 Å². The zero-order chi connectivity index (χ0) is 28.2. The largest absolute Gasteiger partial charge is 0.355 e. The molecular weight excluding hydrogens is 555 g/mol. The average molecular weight is 587 g/mol. The Labute approximate surface area is 243 Å². The van der Waals surface area contributed by atoms with Crippen LogP contribution >= 0.6 is 23.2 Å². The topological polar surface area (TPSA) is 52.7 Å². The van der Waals surface area contributed by atoms with Crippen LogP contribution < -0.4 is 5.32 Å². The van der Waals surface area contributed by atoms with Crippen LogP contribution in [0, 0.1) is 17.6 Å². The Bertz CT molecular complexity index is 1280. The molecule has 9 heteroatoms. The van der Waals surface area contributed by atoms with Crippen LogP contribution in [0.2, 0.25) is 10.0 Å². The van der Waals surface area contributed by atoms with Gasteiger partial charge in [0.15, 0.2) is 0 Å². The molecule has 2 aliphatic heterocycles. The molecule has 2 heterocycles. The molecule has 2 aliphatic rings. The molecule has 40 heavy (non-hydrogen) atoms. The molecule has 3 aromatic carbocycles. The minimum Gasteiger partial charge on any atom is -0.355 e. The van der Waals surface area contributed by atoms with Crippen molar-refractivity contribution in [3.63, 3.8) is 0 Å². The first-order chi connectivity index (χ1) is 19.3. The Morgan fingerprint density at radius 2 is 1.48 bits per heavy atom. The highest BCUT2D eigenvalue weighted by Crippen LogP contribution is 2.40. The fourth-order valence-corrected chi connectivity index (χ4v) is 6.05. The number of carbonyl (C=O) groups excluding carboxylic acids is 2. The van der Waals surface area contributed by atoms with Gasteiger partial charge in [-0.1, -0.05) is 47.5 Å². The minimum atomic E-state index is -0.717. The summed E-state index contributed by atoms with van der Waals surface area (Å²) in [6.07, 6.45) is 2.06. The maximum atomic E-state index is 14.2. The normalized spacial score (nSPS) is 16.8. The maximum absolute atomic E-state index is 14.2. The molecule has 1 unspecified atom stereocenters. The molecule has 3 aromatic rings. The van der Waals surface area contributed by atoms with Gasteiger partial charge in [0.1, 0.15) is 11.6 Å². The summed E-state index contributed by atoms with van der Waals surface area (Å²) in [6.45, 7) is 2.81. The number of halogens is 4. The van der Waals surface area contributed by atoms with Crippen molar-refractivity contribution in [1.29, 1.82) is 0 Å². The van der Waals surface area contributed by atoms with E-state index < -0.39 is 17.6 Å². The molecule has 2 saturated heterocycles. The molecule has 5 nitrogen and oxygen atoms in total. The van der Waals surface area contributed by atoms with Gasteiger partial charge in [0.2, 0.25) is 11.8 Å². The highest BCUT2D eigenvalue weighted by molar-refractivity contribution is 6.30. The van der Waals surface area contributed by atoms with Crippen molar-refractivity contribution in [2.45, 2.75) is 31.2 Å². The van der Waals surface area contributed by atoms with Gasteiger partial charge in [0.25, 0.3) is 0 Å². The SMILES string of the molecule is O=C(NCCCN1CCCC1=O)C(c1cc(F)cc(F)c1)C1CN(C(c2ccc(Cl)cc2)c2ccc(Cl)cc2)C1. The maximum Gasteiger partial charge on any atom is 0.227 e. The fraction of sp³-hybridized carbons (Fsp3) is 0.355. The molecule has 0 bridgehead atoms. The first-order valence-electron chi connectivity index (χ1n) is 13.5. The van der Waals surface area contributed by atoms with Gasteiger partial charge in [-0.2, -0.15) is 0 Å². The lowest BCUT2D eigenvalue weighted by Crippen LogP contribution is -2.53. The van der Waals surface area contributed by atoms with E-state index in [1.807, 2.05) is 53.4 Å². The van der Waals surface area contributed by atoms with Crippen LogP contribution in [0.25, 0.3) is 0 Å². The number of likely N-dealkylation sites (tertiary alicyclic amines) is 2. The monoisotopic (exact) mass is 585 g/mol. The van der Waals surface area contributed by atoms with Crippen molar-refractivity contribution >= 4 is 35.0 Å². The van der Waals surface area contributed by atoms with Crippen molar-refractivity contribution in [2.24, 2.45) is 5.92 Å². The van der Waals surface area contributed by atoms with Crippen LogP contribution in [-0.4, -0.2) is 54.3 Å². The highest BCUT2D eigenvalue weighted by Gasteiger charge is 2.42. The summed E-state index contributed by atoms with van der Waals surface area (Å²) in [5, 5.41) is 4.23. The smallest absolute Gasteiger partial charge is 0.227 e. The fourth-order valence-electron chi connectivity index (χ4n) is 5.80. The van der Waals surface area contributed by atoms with Crippen molar-refractivity contribution in [1.82, 2.24) is 15.1 Å². The van der Waals surface area contributed by atoms with Gasteiger partial charge in [0, 0.05) is 61.2 Å². The van der Waals surface area contributed by atoms with Gasteiger partial charge in [-0.3, -0.25) is 14.5 Å². The summed E-state index contributed by atoms with van der Waals surface area (Å²) in [5.41, 5.74) is 2.41. The Balaban J connectivity index is 1.32. The predicted molar refractivity (Wildman–Crippen MR) is 152 cm³/mol. The van der Waals surface area contributed by atoms with Crippen molar-refractivity contribution < 1.29 is 18.4 Å². The number of amides is 2. The van der Waals surface area contributed by atoms with E-state index in [9.17, 15) is 18.4 Å². The van der Waals surface area contributed by atoms with E-state index >= 15 is 0 Å². The average Bonchev–Trinajstić information content (AvgIpc) is 3.31. The molecule has 2 fully saturated rings. The zero-order valence-corrected chi connectivity index (χ0v) is 23.5. The van der Waals surface area contributed by atoms with Gasteiger partial charge in [-0.05, 0) is 65.9 Å². The van der Waals surface area contributed by atoms with E-state index in [0.29, 0.717) is 54.6 Å². The summed E-state index contributed by atoms with van der Waals surface area (Å²) < 4.78 is 28.4. The summed E-state index contributed by atoms with van der Waals surface area (Å²) in [4.78, 5) is 29.4. The quantitative estimate of drug-likeness (QED) is 0.288. The van der Waals surface area contributed by atoms with Crippen molar-refractivity contribution in [2.75, 3.05) is 32.7 Å². The Hall–Kier alpha value is -3.00. The number of nitrogens with one attached hydrogen (secondary N) is 1. The number of hydrogen-bond donors (Lipinski definition) is 1. The van der Waals surface area contributed by atoms with Gasteiger partial charge >= 0.3 is 0 Å². The van der Waals surface area contributed by atoms with Crippen LogP contribution in [0.5, 0.6) is 0 Å². The third kappa shape index (κ3) is 6.65. The van der Waals surface area contributed by atoms with Crippen LogP contribution in [0.1, 0.15) is 47.9 Å². The molecule has 1 atom stereocenters. The molecule has 0 saturated carbocycles. The number of carbonyl (C=O) groups is 2. The second-order valence-electron chi connectivity index (χ2n) is 10.5. The second-order valence-corrected chi connectivity index (χ2v) is 11.4. The molecule has 1 N–H and O–H groups in total. The summed E-state index contributed by atoms with van der Waals surface area (Å²) in [5.74, 6) is -2.41. The second kappa shape index (κ2) is 12.7. The summed E-state index contributed by atoms with van der Waals surface area (Å²) >= 11 is 12.3. The molecule has 0 aliphatic carbocycles. The third-order valence-electron chi connectivity index (χ3n) is 7.75. The van der Waals surface area contributed by atoms with E-state index in [1.165, 1.54) is 12.1 Å². The van der Waals surface area contributed by atoms with E-state index in [2.05, 4.69) is 10.2 Å². The number of hydrogen-bond acceptors (Lipinski definition) is 3. The lowest BCUT2D eigenvalue weighted by Gasteiger charge is -2.47. The van der Waals surface area contributed by atoms with E-state index in [0.717, 1.165) is 30.2 Å². The summed E-state index contributed by atoms with van der Waals surface area (Å²) in [7, 11) is 0. The highest BCUT2D eigenvalue weighted by atomic mass is 35.5. The molecule has 0 spiro atoms. The van der Waals surface area contributed by atoms with Crippen LogP contribution in [0.15, 0.2) is 66.7 Å². The van der Waals surface area contributed by atoms with Gasteiger partial charge in [0.05, 0.1) is 12.0 Å². The number of benzene rings is 3. The van der Waals surface area contributed by atoms with E-state index in [-0.39, 0.29) is 23.8 Å². The first kappa shape index (κ1) is 28.5. The Morgan fingerprint density at radius 1 is 0.900 bits per heavy atom. The molecule has 0 aromatic heterocycles. The molecule has 0 radical (unpaired) electrons. The number of nitrogens with zero attached hydrogens (tertiary/aromatic N) is 2. The van der Waals surface area contributed by atoms with Crippen LogP contribution in [0.3, 0.4) is 0 Å². The lowest BCUT2D eigenvalue weighted by molar-refractivity contribution is -0.127. The minimum absolute atomic E-state index is 0.100. The molecule has 2 amide bonds. The predicted octanol–water partition coefficient (Wildman–Crippen LogP) is 6.21. The van der Waals surface area contributed by atoms with Crippen LogP contribution in [-0.2, 0) is 9.59 Å². The van der Waals surface area contributed by atoms with Gasteiger partial charge in [-0.15, -0.1) is 0 Å². The lowest BCUT2D eigenvalue weighted by atomic mass is 9.78. The molecular formula is C31H31Cl2F2N3O2. The third-order valence-corrected chi connectivity index (χ3v) is 8.25. The van der Waals surface area contributed by atoms with Crippen molar-refractivity contribution in [3.05, 3.63) is 105 Å². The molecule has 210 valence electrons. The Morgan fingerprint density at radius 3 is 2.00 bits per heavy atom. The first-order valence-corrected chi connectivity index (χ1v) is 14.3.